The van der Waals surface area contributed by atoms with Crippen LogP contribution in [0.1, 0.15) is 45.3 Å². The highest BCUT2D eigenvalue weighted by Crippen LogP contribution is 2.15. The van der Waals surface area contributed by atoms with Crippen LogP contribution in [0.5, 0.6) is 0 Å². The molecule has 1 aliphatic heterocycles. The van der Waals surface area contributed by atoms with Crippen molar-refractivity contribution in [3.8, 4) is 0 Å². The number of ether oxygens (including phenoxy) is 2. The van der Waals surface area contributed by atoms with Crippen LogP contribution >= 0.6 is 24.0 Å². The highest BCUT2D eigenvalue weighted by molar-refractivity contribution is 14.0. The number of halogens is 1. The van der Waals surface area contributed by atoms with Crippen molar-refractivity contribution in [1.29, 1.82) is 0 Å². The van der Waals surface area contributed by atoms with Crippen LogP contribution in [0.4, 0.5) is 0 Å². The molecule has 1 atom stereocenters. The first-order valence-electron chi connectivity index (χ1n) is 9.91. The first-order valence-corrected chi connectivity index (χ1v) is 9.91. The number of hydrogen-bond acceptors (Lipinski definition) is 4. The zero-order valence-electron chi connectivity index (χ0n) is 17.0. The Labute approximate surface area is 181 Å². The molecule has 1 fully saturated rings. The fraction of sp³-hybridized carbons (Fsp3) is 0.750. The minimum absolute atomic E-state index is 0. The average Bonchev–Trinajstić information content (AvgIpc) is 3.18. The maximum absolute atomic E-state index is 5.97. The maximum atomic E-state index is 5.97. The van der Waals surface area contributed by atoms with E-state index in [4.69, 9.17) is 18.9 Å². The molecule has 1 aromatic heterocycles. The van der Waals surface area contributed by atoms with E-state index in [-0.39, 0.29) is 24.0 Å². The highest BCUT2D eigenvalue weighted by atomic mass is 127. The summed E-state index contributed by atoms with van der Waals surface area (Å²) in [4.78, 5) is 7.20. The van der Waals surface area contributed by atoms with Crippen LogP contribution in [0.25, 0.3) is 0 Å². The van der Waals surface area contributed by atoms with E-state index in [9.17, 15) is 0 Å². The van der Waals surface area contributed by atoms with Gasteiger partial charge in [0.05, 0.1) is 12.4 Å². The standard InChI is InChI=1S/C20H35N3O3.HI/c1-4-17(2)22-20(21-11-8-18-7-5-15-25-18)23-12-9-19(10-13-23)26-16-6-14-24-3;/h5,7,15,17,19H,4,6,8-14,16H2,1-3H3,(H,21,22);1H. The van der Waals surface area contributed by atoms with Gasteiger partial charge in [0.1, 0.15) is 5.76 Å². The second-order valence-electron chi connectivity index (χ2n) is 6.89. The van der Waals surface area contributed by atoms with Crippen molar-refractivity contribution in [2.45, 2.75) is 58.1 Å². The summed E-state index contributed by atoms with van der Waals surface area (Å²) in [6.45, 7) is 8.65. The third-order valence-corrected chi connectivity index (χ3v) is 4.78. The van der Waals surface area contributed by atoms with E-state index in [0.29, 0.717) is 12.1 Å². The summed E-state index contributed by atoms with van der Waals surface area (Å²) >= 11 is 0. The van der Waals surface area contributed by atoms with Gasteiger partial charge in [0.2, 0.25) is 0 Å². The molecule has 0 spiro atoms. The molecule has 7 heteroatoms. The Kier molecular flexibility index (Phi) is 12.8. The molecule has 2 heterocycles. The largest absolute Gasteiger partial charge is 0.469 e. The number of hydrogen-bond donors (Lipinski definition) is 1. The van der Waals surface area contributed by atoms with Gasteiger partial charge in [-0.2, -0.15) is 0 Å². The van der Waals surface area contributed by atoms with Crippen molar-refractivity contribution in [1.82, 2.24) is 10.2 Å². The molecule has 1 saturated heterocycles. The van der Waals surface area contributed by atoms with E-state index < -0.39 is 0 Å². The van der Waals surface area contributed by atoms with E-state index in [1.54, 1.807) is 13.4 Å². The van der Waals surface area contributed by atoms with E-state index in [0.717, 1.165) is 76.7 Å². The molecule has 0 saturated carbocycles. The van der Waals surface area contributed by atoms with Gasteiger partial charge in [-0.1, -0.05) is 6.92 Å². The molecular formula is C20H36IN3O3. The Morgan fingerprint density at radius 3 is 2.78 bits per heavy atom. The minimum atomic E-state index is 0. The predicted molar refractivity (Wildman–Crippen MR) is 120 cm³/mol. The summed E-state index contributed by atoms with van der Waals surface area (Å²) in [6, 6.07) is 4.35. The van der Waals surface area contributed by atoms with E-state index in [2.05, 4.69) is 24.1 Å². The maximum Gasteiger partial charge on any atom is 0.194 e. The second-order valence-corrected chi connectivity index (χ2v) is 6.89. The number of likely N-dealkylation sites (tertiary alicyclic amines) is 1. The van der Waals surface area contributed by atoms with Crippen molar-refractivity contribution in [2.75, 3.05) is 40.0 Å². The number of piperidine rings is 1. The van der Waals surface area contributed by atoms with Crippen molar-refractivity contribution >= 4 is 29.9 Å². The molecule has 1 aromatic rings. The van der Waals surface area contributed by atoms with Gasteiger partial charge in [-0.05, 0) is 44.7 Å². The molecule has 1 aliphatic rings. The van der Waals surface area contributed by atoms with Crippen LogP contribution in [0.2, 0.25) is 0 Å². The van der Waals surface area contributed by atoms with Crippen molar-refractivity contribution in [3.63, 3.8) is 0 Å². The summed E-state index contributed by atoms with van der Waals surface area (Å²) in [5.41, 5.74) is 0. The van der Waals surface area contributed by atoms with Crippen LogP contribution in [0.3, 0.4) is 0 Å². The molecule has 0 aromatic carbocycles. The van der Waals surface area contributed by atoms with E-state index in [1.807, 2.05) is 12.1 Å². The average molecular weight is 493 g/mol. The Balaban J connectivity index is 0.00000364. The van der Waals surface area contributed by atoms with Gasteiger partial charge in [0.15, 0.2) is 5.96 Å². The Bertz CT molecular complexity index is 503. The highest BCUT2D eigenvalue weighted by Gasteiger charge is 2.22. The quantitative estimate of drug-likeness (QED) is 0.233. The zero-order valence-corrected chi connectivity index (χ0v) is 19.3. The Morgan fingerprint density at radius 1 is 1.37 bits per heavy atom. The van der Waals surface area contributed by atoms with Crippen molar-refractivity contribution in [2.24, 2.45) is 4.99 Å². The first-order chi connectivity index (χ1) is 12.7. The normalized spacial score (nSPS) is 16.9. The third kappa shape index (κ3) is 9.30. The number of nitrogens with zero attached hydrogens (tertiary/aromatic N) is 2. The lowest BCUT2D eigenvalue weighted by Gasteiger charge is -2.35. The van der Waals surface area contributed by atoms with Crippen LogP contribution < -0.4 is 5.32 Å². The lowest BCUT2D eigenvalue weighted by Crippen LogP contribution is -2.49. The number of rotatable bonds is 10. The number of nitrogens with one attached hydrogen (secondary N) is 1. The molecule has 1 N–H and O–H groups in total. The van der Waals surface area contributed by atoms with Gasteiger partial charge in [0, 0.05) is 52.4 Å². The third-order valence-electron chi connectivity index (χ3n) is 4.78. The summed E-state index contributed by atoms with van der Waals surface area (Å²) in [6.07, 6.45) is 7.05. The molecule has 27 heavy (non-hydrogen) atoms. The van der Waals surface area contributed by atoms with Gasteiger partial charge in [-0.15, -0.1) is 24.0 Å². The second kappa shape index (κ2) is 14.2. The zero-order chi connectivity index (χ0) is 18.6. The lowest BCUT2D eigenvalue weighted by atomic mass is 10.1. The van der Waals surface area contributed by atoms with Crippen LogP contribution in [-0.2, 0) is 15.9 Å². The number of aliphatic imine (C=N–C) groups is 1. The van der Waals surface area contributed by atoms with Gasteiger partial charge < -0.3 is 24.1 Å². The van der Waals surface area contributed by atoms with Gasteiger partial charge in [-0.3, -0.25) is 4.99 Å². The van der Waals surface area contributed by atoms with Crippen molar-refractivity contribution < 1.29 is 13.9 Å². The van der Waals surface area contributed by atoms with Crippen LogP contribution in [-0.4, -0.2) is 63.0 Å². The van der Waals surface area contributed by atoms with E-state index >= 15 is 0 Å². The van der Waals surface area contributed by atoms with Gasteiger partial charge in [-0.25, -0.2) is 0 Å². The molecule has 156 valence electrons. The first kappa shape index (κ1) is 24.2. The fourth-order valence-electron chi connectivity index (χ4n) is 2.97. The number of guanidine groups is 1. The number of methoxy groups -OCH3 is 1. The summed E-state index contributed by atoms with van der Waals surface area (Å²) in [5.74, 6) is 2.00. The lowest BCUT2D eigenvalue weighted by molar-refractivity contribution is 0.00982. The molecule has 6 nitrogen and oxygen atoms in total. The Hall–Kier alpha value is -0.800. The van der Waals surface area contributed by atoms with Crippen LogP contribution in [0, 0.1) is 0 Å². The fourth-order valence-corrected chi connectivity index (χ4v) is 2.97. The molecule has 0 radical (unpaired) electrons. The van der Waals surface area contributed by atoms with Gasteiger partial charge in [0.25, 0.3) is 0 Å². The summed E-state index contributed by atoms with van der Waals surface area (Å²) in [7, 11) is 1.73. The summed E-state index contributed by atoms with van der Waals surface area (Å²) in [5, 5.41) is 3.58. The monoisotopic (exact) mass is 493 g/mol. The summed E-state index contributed by atoms with van der Waals surface area (Å²) < 4.78 is 16.4. The Morgan fingerprint density at radius 2 is 2.15 bits per heavy atom. The SMILES string of the molecule is CCC(C)NC(=NCCc1ccco1)N1CCC(OCCCOC)CC1.I. The molecule has 1 unspecified atom stereocenters. The molecule has 0 aliphatic carbocycles. The molecule has 2 rings (SSSR count). The van der Waals surface area contributed by atoms with Crippen molar-refractivity contribution in [3.05, 3.63) is 24.2 Å². The van der Waals surface area contributed by atoms with E-state index in [1.165, 1.54) is 0 Å². The predicted octanol–water partition coefficient (Wildman–Crippen LogP) is 3.70. The topological polar surface area (TPSA) is 59.2 Å². The van der Waals surface area contributed by atoms with Gasteiger partial charge >= 0.3 is 0 Å². The van der Waals surface area contributed by atoms with Crippen LogP contribution in [0.15, 0.2) is 27.8 Å². The molecule has 0 amide bonds. The molecule has 0 bridgehead atoms. The molecular weight excluding hydrogens is 457 g/mol. The minimum Gasteiger partial charge on any atom is -0.469 e. The smallest absolute Gasteiger partial charge is 0.194 e. The number of furan rings is 1.